The van der Waals surface area contributed by atoms with Crippen LogP contribution in [0.3, 0.4) is 0 Å². The second-order valence-corrected chi connectivity index (χ2v) is 25.5. The van der Waals surface area contributed by atoms with E-state index in [9.17, 15) is 0 Å². The summed E-state index contributed by atoms with van der Waals surface area (Å²) in [5.41, 5.74) is 29.3. The van der Waals surface area contributed by atoms with Crippen LogP contribution in [0.15, 0.2) is 332 Å². The Morgan fingerprint density at radius 2 is 0.663 bits per heavy atom. The molecule has 0 unspecified atom stereocenters. The number of fused-ring (bicyclic) bond motifs is 9. The third-order valence-corrected chi connectivity index (χ3v) is 19.4. The summed E-state index contributed by atoms with van der Waals surface area (Å²) in [6, 6.07) is 118. The quantitative estimate of drug-likeness (QED) is 0.129. The van der Waals surface area contributed by atoms with E-state index in [-0.39, 0.29) is 5.41 Å². The summed E-state index contributed by atoms with van der Waals surface area (Å²) in [7, 11) is 0. The SMILES string of the molecule is CC1(C)c2ccccc2-c2cc(-c3cccc(-c4ccc5c(c4)c4ccccc4n5-c4ccc(-c5cccc(-c6cc(-c7cccc(-c8cccc(-c9cccc(-c%10nc(-c%11ccccc%11)nc(-c%11ccccc%11)n%10)c9)c8)c7)c7oc8ccccc8c7c6)c5)cc4)c3)ccc21. The summed E-state index contributed by atoms with van der Waals surface area (Å²) in [6.07, 6.45) is 0. The summed E-state index contributed by atoms with van der Waals surface area (Å²) in [4.78, 5) is 15.0. The summed E-state index contributed by atoms with van der Waals surface area (Å²) in [6.45, 7) is 4.68. The van der Waals surface area contributed by atoms with Gasteiger partial charge in [-0.1, -0.05) is 257 Å². The lowest BCUT2D eigenvalue weighted by molar-refractivity contribution is 0.660. The molecule has 0 atom stereocenters. The molecule has 3 aromatic heterocycles. The van der Waals surface area contributed by atoms with Crippen LogP contribution in [0.2, 0.25) is 0 Å². The Balaban J connectivity index is 0.651. The van der Waals surface area contributed by atoms with Crippen LogP contribution in [0.1, 0.15) is 25.0 Å². The minimum absolute atomic E-state index is 0.0220. The second kappa shape index (κ2) is 22.5. The maximum absolute atomic E-state index is 6.81. The summed E-state index contributed by atoms with van der Waals surface area (Å²) in [5.74, 6) is 1.89. The van der Waals surface area contributed by atoms with Gasteiger partial charge in [-0.3, -0.25) is 0 Å². The van der Waals surface area contributed by atoms with E-state index < -0.39 is 0 Å². The first-order valence-corrected chi connectivity index (χ1v) is 32.5. The highest BCUT2D eigenvalue weighted by atomic mass is 16.3. The maximum atomic E-state index is 6.81. The van der Waals surface area contributed by atoms with Gasteiger partial charge in [0.1, 0.15) is 11.2 Å². The number of rotatable bonds is 11. The van der Waals surface area contributed by atoms with Crippen molar-refractivity contribution in [1.29, 1.82) is 0 Å². The minimum Gasteiger partial charge on any atom is -0.455 e. The first-order chi connectivity index (χ1) is 46.8. The summed E-state index contributed by atoms with van der Waals surface area (Å²) in [5, 5.41) is 4.63. The van der Waals surface area contributed by atoms with Crippen LogP contribution >= 0.6 is 0 Å². The predicted molar refractivity (Wildman–Crippen MR) is 393 cm³/mol. The number of aromatic nitrogens is 4. The molecule has 0 aliphatic heterocycles. The van der Waals surface area contributed by atoms with E-state index in [0.29, 0.717) is 17.5 Å². The number of furan rings is 1. The minimum atomic E-state index is -0.0220. The van der Waals surface area contributed by atoms with Crippen molar-refractivity contribution in [2.75, 3.05) is 0 Å². The molecular weight excluding hydrogens is 1150 g/mol. The Morgan fingerprint density at radius 1 is 0.253 bits per heavy atom. The highest BCUT2D eigenvalue weighted by molar-refractivity contribution is 6.12. The van der Waals surface area contributed by atoms with E-state index in [2.05, 4.69) is 279 Å². The molecule has 0 saturated heterocycles. The molecule has 17 aromatic rings. The van der Waals surface area contributed by atoms with Crippen LogP contribution in [0.25, 0.3) is 173 Å². The van der Waals surface area contributed by atoms with Crippen molar-refractivity contribution < 1.29 is 4.42 Å². The average molecular weight is 1210 g/mol. The van der Waals surface area contributed by atoms with Crippen molar-refractivity contribution in [2.45, 2.75) is 19.3 Å². The smallest absolute Gasteiger partial charge is 0.164 e. The fraction of sp³-hybridized carbons (Fsp3) is 0.0333. The Morgan fingerprint density at radius 3 is 1.31 bits per heavy atom. The van der Waals surface area contributed by atoms with Crippen LogP contribution in [0.4, 0.5) is 0 Å². The Labute approximate surface area is 551 Å². The van der Waals surface area contributed by atoms with Crippen molar-refractivity contribution in [1.82, 2.24) is 19.5 Å². The lowest BCUT2D eigenvalue weighted by atomic mass is 9.82. The molecule has 1 aliphatic rings. The molecule has 0 spiro atoms. The zero-order valence-electron chi connectivity index (χ0n) is 52.4. The Bertz CT molecular complexity index is 5820. The molecule has 0 radical (unpaired) electrons. The Kier molecular flexibility index (Phi) is 13.2. The van der Waals surface area contributed by atoms with Gasteiger partial charge < -0.3 is 8.98 Å². The molecule has 14 aromatic carbocycles. The lowest BCUT2D eigenvalue weighted by Crippen LogP contribution is -2.14. The van der Waals surface area contributed by atoms with Gasteiger partial charge in [0.15, 0.2) is 17.5 Å². The number of hydrogen-bond donors (Lipinski definition) is 0. The molecule has 446 valence electrons. The fourth-order valence-electron chi connectivity index (χ4n) is 14.6. The number of para-hydroxylation sites is 2. The molecule has 5 heteroatoms. The number of hydrogen-bond acceptors (Lipinski definition) is 4. The predicted octanol–water partition coefficient (Wildman–Crippen LogP) is 23.8. The van der Waals surface area contributed by atoms with E-state index in [0.717, 1.165) is 100.0 Å². The van der Waals surface area contributed by atoms with Crippen molar-refractivity contribution >= 4 is 43.7 Å². The van der Waals surface area contributed by atoms with Crippen LogP contribution in [0, 0.1) is 0 Å². The molecule has 0 bridgehead atoms. The third kappa shape index (κ3) is 9.75. The zero-order chi connectivity index (χ0) is 63.1. The number of nitrogens with zero attached hydrogens (tertiary/aromatic N) is 4. The third-order valence-electron chi connectivity index (χ3n) is 19.4. The van der Waals surface area contributed by atoms with Crippen LogP contribution in [-0.2, 0) is 5.41 Å². The van der Waals surface area contributed by atoms with Crippen LogP contribution in [0.5, 0.6) is 0 Å². The van der Waals surface area contributed by atoms with Gasteiger partial charge in [-0.2, -0.15) is 0 Å². The van der Waals surface area contributed by atoms with Crippen LogP contribution in [-0.4, -0.2) is 19.5 Å². The largest absolute Gasteiger partial charge is 0.455 e. The molecule has 0 N–H and O–H groups in total. The van der Waals surface area contributed by atoms with Gasteiger partial charge in [-0.05, 0) is 180 Å². The standard InChI is InChI=1S/C90H60N4O/c1-90(2)81-37-12-9-34-74(81)78-53-68(42-46-82(78)90)63-27-17-28-64(50-63)69-43-47-84-79(54-69)75-35-10-13-38-83(75)94(84)73-44-40-57(41-45-73)60-24-15-31-67(48-60)72-55-77(86-80(56-72)76-36-11-14-39-85(76)95-86)70-32-18-29-65(51-70)61-25-16-26-62(49-61)66-30-19-33-71(52-66)89-92-87(58-20-5-3-6-21-58)91-88(93-89)59-22-7-4-8-23-59/h3-56H,1-2H3. The van der Waals surface area contributed by atoms with Gasteiger partial charge in [0.05, 0.1) is 11.0 Å². The molecule has 0 saturated carbocycles. The van der Waals surface area contributed by atoms with Gasteiger partial charge in [0.2, 0.25) is 0 Å². The van der Waals surface area contributed by atoms with Gasteiger partial charge in [-0.25, -0.2) is 15.0 Å². The van der Waals surface area contributed by atoms with Crippen LogP contribution < -0.4 is 0 Å². The molecule has 0 amide bonds. The van der Waals surface area contributed by atoms with E-state index in [1.54, 1.807) is 0 Å². The molecule has 3 heterocycles. The average Bonchev–Trinajstić information content (AvgIpc) is 1.62. The normalized spacial score (nSPS) is 12.4. The first-order valence-electron chi connectivity index (χ1n) is 32.5. The monoisotopic (exact) mass is 1210 g/mol. The van der Waals surface area contributed by atoms with E-state index >= 15 is 0 Å². The molecule has 0 fully saturated rings. The van der Waals surface area contributed by atoms with Gasteiger partial charge in [0.25, 0.3) is 0 Å². The topological polar surface area (TPSA) is 56.7 Å². The van der Waals surface area contributed by atoms with E-state index in [1.807, 2.05) is 66.7 Å². The lowest BCUT2D eigenvalue weighted by Gasteiger charge is -2.21. The van der Waals surface area contributed by atoms with Crippen molar-refractivity contribution in [3.8, 4) is 129 Å². The van der Waals surface area contributed by atoms with Crippen molar-refractivity contribution in [3.63, 3.8) is 0 Å². The van der Waals surface area contributed by atoms with Crippen molar-refractivity contribution in [2.24, 2.45) is 0 Å². The van der Waals surface area contributed by atoms with E-state index in [4.69, 9.17) is 19.4 Å². The molecule has 5 nitrogen and oxygen atoms in total. The highest BCUT2D eigenvalue weighted by Crippen LogP contribution is 2.50. The Hall–Kier alpha value is -12.3. The fourth-order valence-corrected chi connectivity index (χ4v) is 14.6. The first kappa shape index (κ1) is 55.5. The number of benzene rings is 14. The molecular formula is C90H60N4O. The summed E-state index contributed by atoms with van der Waals surface area (Å²) >= 11 is 0. The molecule has 1 aliphatic carbocycles. The summed E-state index contributed by atoms with van der Waals surface area (Å²) < 4.78 is 9.22. The molecule has 95 heavy (non-hydrogen) atoms. The second-order valence-electron chi connectivity index (χ2n) is 25.5. The van der Waals surface area contributed by atoms with Gasteiger partial charge in [0, 0.05) is 54.9 Å². The highest BCUT2D eigenvalue weighted by Gasteiger charge is 2.35. The molecule has 18 rings (SSSR count). The van der Waals surface area contributed by atoms with Crippen molar-refractivity contribution in [3.05, 3.63) is 339 Å². The zero-order valence-corrected chi connectivity index (χ0v) is 52.4. The van der Waals surface area contributed by atoms with Gasteiger partial charge >= 0.3 is 0 Å². The van der Waals surface area contributed by atoms with E-state index in [1.165, 1.54) is 66.3 Å². The van der Waals surface area contributed by atoms with Gasteiger partial charge in [-0.15, -0.1) is 0 Å². The maximum Gasteiger partial charge on any atom is 0.164 e.